The van der Waals surface area contributed by atoms with Gasteiger partial charge in [-0.1, -0.05) is 24.3 Å². The zero-order valence-corrected chi connectivity index (χ0v) is 22.2. The van der Waals surface area contributed by atoms with E-state index < -0.39 is 0 Å². The molecule has 4 aromatic rings. The summed E-state index contributed by atoms with van der Waals surface area (Å²) >= 11 is 0. The monoisotopic (exact) mass is 527 g/mol. The summed E-state index contributed by atoms with van der Waals surface area (Å²) in [6.45, 7) is 3.35. The summed E-state index contributed by atoms with van der Waals surface area (Å²) in [5.74, 6) is 1.86. The lowest BCUT2D eigenvalue weighted by Gasteiger charge is -2.16. The molecule has 1 saturated heterocycles. The van der Waals surface area contributed by atoms with Crippen molar-refractivity contribution in [2.45, 2.75) is 12.5 Å². The summed E-state index contributed by atoms with van der Waals surface area (Å²) in [4.78, 5) is 25.5. The highest BCUT2D eigenvalue weighted by molar-refractivity contribution is 5.98. The van der Waals surface area contributed by atoms with Crippen LogP contribution in [0.1, 0.15) is 12.5 Å². The number of nitrogens with two attached hydrogens (primary N) is 1. The molecule has 0 radical (unpaired) electrons. The number of nitrogens with zero attached hydrogens (tertiary/aromatic N) is 6. The maximum absolute atomic E-state index is 12.8. The molecule has 2 aromatic heterocycles. The van der Waals surface area contributed by atoms with Crippen LogP contribution in [-0.2, 0) is 9.53 Å². The number of carbonyl (C=O) groups excluding carboxylic acids is 1. The number of anilines is 1. The number of nitrogen functional groups attached to an aromatic ring is 1. The maximum Gasteiger partial charge on any atom is 0.246 e. The first-order chi connectivity index (χ1) is 19.0. The van der Waals surface area contributed by atoms with Crippen LogP contribution in [0.4, 0.5) is 5.82 Å². The number of carbonyl (C=O) groups is 1. The van der Waals surface area contributed by atoms with E-state index in [-0.39, 0.29) is 11.9 Å². The van der Waals surface area contributed by atoms with E-state index in [1.165, 1.54) is 6.33 Å². The minimum Gasteiger partial charge on any atom is -0.457 e. The van der Waals surface area contributed by atoms with Gasteiger partial charge in [0.2, 0.25) is 5.91 Å². The number of ether oxygens (including phenoxy) is 2. The van der Waals surface area contributed by atoms with Crippen LogP contribution in [0.2, 0.25) is 0 Å². The van der Waals surface area contributed by atoms with Crippen LogP contribution < -0.4 is 10.5 Å². The summed E-state index contributed by atoms with van der Waals surface area (Å²) in [5, 5.41) is 5.65. The van der Waals surface area contributed by atoms with Crippen molar-refractivity contribution < 1.29 is 14.3 Å². The highest BCUT2D eigenvalue weighted by Gasteiger charge is 2.30. The van der Waals surface area contributed by atoms with E-state index in [1.54, 1.807) is 13.2 Å². The number of rotatable bonds is 10. The Morgan fingerprint density at radius 1 is 1.13 bits per heavy atom. The lowest BCUT2D eigenvalue weighted by atomic mass is 10.1. The van der Waals surface area contributed by atoms with Gasteiger partial charge in [-0.15, -0.1) is 0 Å². The Kier molecular flexibility index (Phi) is 8.14. The first kappa shape index (κ1) is 26.3. The van der Waals surface area contributed by atoms with Crippen LogP contribution in [0.15, 0.2) is 73.1 Å². The van der Waals surface area contributed by atoms with Crippen LogP contribution in [0, 0.1) is 0 Å². The van der Waals surface area contributed by atoms with Crippen LogP contribution >= 0.6 is 0 Å². The SMILES string of the molecule is COCCN(C)CC=CC(=O)N1CCC(n2nc(-c3ccc(Oc4ccccc4)cc3)c3c(N)ncnc32)C1. The number of likely N-dealkylation sites (tertiary alicyclic amines) is 1. The third-order valence-electron chi connectivity index (χ3n) is 6.80. The maximum atomic E-state index is 12.8. The fourth-order valence-electron chi connectivity index (χ4n) is 4.68. The third-order valence-corrected chi connectivity index (χ3v) is 6.80. The number of fused-ring (bicyclic) bond motifs is 1. The van der Waals surface area contributed by atoms with E-state index in [9.17, 15) is 4.79 Å². The molecule has 0 bridgehead atoms. The molecule has 0 aliphatic carbocycles. The van der Waals surface area contributed by atoms with Gasteiger partial charge in [0.15, 0.2) is 5.65 Å². The fourth-order valence-corrected chi connectivity index (χ4v) is 4.68. The van der Waals surface area contributed by atoms with E-state index >= 15 is 0 Å². The second kappa shape index (κ2) is 12.1. The molecule has 1 unspecified atom stereocenters. The Hall–Kier alpha value is -4.28. The average molecular weight is 528 g/mol. The van der Waals surface area contributed by atoms with Gasteiger partial charge in [-0.2, -0.15) is 5.10 Å². The number of aromatic nitrogens is 4. The zero-order valence-electron chi connectivity index (χ0n) is 22.2. The Morgan fingerprint density at radius 2 is 1.90 bits per heavy atom. The Bertz CT molecular complexity index is 1440. The molecule has 1 atom stereocenters. The van der Waals surface area contributed by atoms with Gasteiger partial charge in [-0.05, 0) is 49.9 Å². The quantitative estimate of drug-likeness (QED) is 0.310. The van der Waals surface area contributed by atoms with Crippen molar-refractivity contribution >= 4 is 22.8 Å². The van der Waals surface area contributed by atoms with E-state index in [0.29, 0.717) is 48.8 Å². The van der Waals surface area contributed by atoms with Crippen molar-refractivity contribution in [3.05, 3.63) is 73.1 Å². The minimum absolute atomic E-state index is 0.00234. The number of methoxy groups -OCH3 is 1. The summed E-state index contributed by atoms with van der Waals surface area (Å²) in [7, 11) is 3.68. The molecule has 1 amide bonds. The molecule has 1 fully saturated rings. The van der Waals surface area contributed by atoms with Crippen LogP contribution in [0.25, 0.3) is 22.3 Å². The van der Waals surface area contributed by atoms with Crippen molar-refractivity contribution in [1.82, 2.24) is 29.5 Å². The minimum atomic E-state index is -0.0158. The molecular weight excluding hydrogens is 494 g/mol. The number of amides is 1. The van der Waals surface area contributed by atoms with Crippen molar-refractivity contribution in [1.29, 1.82) is 0 Å². The second-order valence-electron chi connectivity index (χ2n) is 9.57. The van der Waals surface area contributed by atoms with Gasteiger partial charge in [-0.25, -0.2) is 14.6 Å². The molecule has 39 heavy (non-hydrogen) atoms. The smallest absolute Gasteiger partial charge is 0.246 e. The van der Waals surface area contributed by atoms with E-state index in [1.807, 2.05) is 77.3 Å². The molecule has 2 N–H and O–H groups in total. The van der Waals surface area contributed by atoms with Gasteiger partial charge < -0.3 is 25.0 Å². The number of likely N-dealkylation sites (N-methyl/N-ethyl adjacent to an activating group) is 1. The number of hydrogen-bond acceptors (Lipinski definition) is 8. The lowest BCUT2D eigenvalue weighted by Crippen LogP contribution is -2.28. The third kappa shape index (κ3) is 6.08. The molecule has 202 valence electrons. The van der Waals surface area contributed by atoms with Gasteiger partial charge in [0.1, 0.15) is 29.3 Å². The van der Waals surface area contributed by atoms with E-state index in [4.69, 9.17) is 20.3 Å². The Balaban J connectivity index is 1.32. The Morgan fingerprint density at radius 3 is 2.67 bits per heavy atom. The number of para-hydroxylation sites is 1. The summed E-state index contributed by atoms with van der Waals surface area (Å²) in [6.07, 6.45) is 5.78. The van der Waals surface area contributed by atoms with Crippen molar-refractivity contribution in [2.75, 3.05) is 52.7 Å². The highest BCUT2D eigenvalue weighted by Crippen LogP contribution is 2.35. The first-order valence-electron chi connectivity index (χ1n) is 13.0. The lowest BCUT2D eigenvalue weighted by molar-refractivity contribution is -0.125. The van der Waals surface area contributed by atoms with Crippen LogP contribution in [-0.4, -0.2) is 82.4 Å². The molecule has 1 aliphatic heterocycles. The average Bonchev–Trinajstić information content (AvgIpc) is 3.59. The molecule has 5 rings (SSSR count). The van der Waals surface area contributed by atoms with Crippen LogP contribution in [0.3, 0.4) is 0 Å². The first-order valence-corrected chi connectivity index (χ1v) is 13.0. The van der Waals surface area contributed by atoms with Crippen LogP contribution in [0.5, 0.6) is 11.5 Å². The second-order valence-corrected chi connectivity index (χ2v) is 9.57. The molecule has 0 spiro atoms. The summed E-state index contributed by atoms with van der Waals surface area (Å²) in [5.41, 5.74) is 8.56. The summed E-state index contributed by atoms with van der Waals surface area (Å²) < 4.78 is 12.9. The molecule has 10 heteroatoms. The highest BCUT2D eigenvalue weighted by atomic mass is 16.5. The van der Waals surface area contributed by atoms with Gasteiger partial charge >= 0.3 is 0 Å². The molecule has 2 aromatic carbocycles. The zero-order chi connectivity index (χ0) is 27.2. The molecule has 1 aliphatic rings. The molecular formula is C29H33N7O3. The van der Waals surface area contributed by atoms with E-state index in [0.717, 1.165) is 30.0 Å². The Labute approximate surface area is 227 Å². The number of hydrogen-bond donors (Lipinski definition) is 1. The van der Waals surface area contributed by atoms with Crippen molar-refractivity contribution in [3.8, 4) is 22.8 Å². The normalized spacial score (nSPS) is 15.6. The van der Waals surface area contributed by atoms with E-state index in [2.05, 4.69) is 14.9 Å². The molecule has 3 heterocycles. The standard InChI is InChI=1S/C29H33N7O3/c1-34(17-18-38-2)15-6-9-25(37)35-16-14-22(19-35)36-29-26(28(30)31-20-32-29)27(33-36)21-10-12-24(13-11-21)39-23-7-4-3-5-8-23/h3-13,20,22H,14-19H2,1-2H3,(H2,30,31,32). The predicted octanol–water partition coefficient (Wildman–Crippen LogP) is 3.78. The van der Waals surface area contributed by atoms with Gasteiger partial charge in [0, 0.05) is 44.9 Å². The molecule has 10 nitrogen and oxygen atoms in total. The van der Waals surface area contributed by atoms with Crippen molar-refractivity contribution in [2.24, 2.45) is 0 Å². The topological polar surface area (TPSA) is 112 Å². The number of benzene rings is 2. The van der Waals surface area contributed by atoms with Gasteiger partial charge in [0.25, 0.3) is 0 Å². The van der Waals surface area contributed by atoms with Gasteiger partial charge in [0.05, 0.1) is 18.0 Å². The fraction of sp³-hybridized carbons (Fsp3) is 0.310. The van der Waals surface area contributed by atoms with Gasteiger partial charge in [-0.3, -0.25) is 4.79 Å². The molecule has 0 saturated carbocycles. The van der Waals surface area contributed by atoms with Crippen molar-refractivity contribution in [3.63, 3.8) is 0 Å². The largest absolute Gasteiger partial charge is 0.457 e. The predicted molar refractivity (Wildman–Crippen MR) is 150 cm³/mol. The summed E-state index contributed by atoms with van der Waals surface area (Å²) in [6, 6.07) is 17.3.